The number of aliphatic hydroxyl groups excluding tert-OH is 1. The molecule has 1 fully saturated rings. The molecule has 0 radical (unpaired) electrons. The molecule has 1 aliphatic heterocycles. The van der Waals surface area contributed by atoms with E-state index in [1.54, 1.807) is 25.1 Å². The summed E-state index contributed by atoms with van der Waals surface area (Å²) in [6, 6.07) is 5.27. The predicted molar refractivity (Wildman–Crippen MR) is 76.7 cm³/mol. The zero-order valence-electron chi connectivity index (χ0n) is 11.6. The van der Waals surface area contributed by atoms with Crippen molar-refractivity contribution in [2.75, 3.05) is 18.0 Å². The standard InChI is InChI=1S/C13H18N2O5S/c1-2-14-21(19,20)12-6-4-3-5-10(12)15-8-9(16)7-11(15)13(17)18/h3-6,9,11,14,16H,2,7-8H2,1H3,(H,17,18). The van der Waals surface area contributed by atoms with Gasteiger partial charge in [-0.25, -0.2) is 17.9 Å². The highest BCUT2D eigenvalue weighted by molar-refractivity contribution is 7.89. The van der Waals surface area contributed by atoms with Gasteiger partial charge in [0.25, 0.3) is 0 Å². The summed E-state index contributed by atoms with van der Waals surface area (Å²) >= 11 is 0. The second-order valence-corrected chi connectivity index (χ2v) is 6.60. The summed E-state index contributed by atoms with van der Waals surface area (Å²) in [5.74, 6) is -1.08. The first kappa shape index (κ1) is 15.7. The second-order valence-electron chi connectivity index (χ2n) is 4.86. The highest BCUT2D eigenvalue weighted by atomic mass is 32.2. The molecule has 21 heavy (non-hydrogen) atoms. The van der Waals surface area contributed by atoms with Crippen molar-refractivity contribution in [3.05, 3.63) is 24.3 Å². The number of nitrogens with zero attached hydrogens (tertiary/aromatic N) is 1. The van der Waals surface area contributed by atoms with Gasteiger partial charge in [-0.2, -0.15) is 0 Å². The van der Waals surface area contributed by atoms with Crippen molar-refractivity contribution in [2.45, 2.75) is 30.4 Å². The molecule has 0 bridgehead atoms. The zero-order chi connectivity index (χ0) is 15.6. The van der Waals surface area contributed by atoms with E-state index in [0.717, 1.165) is 0 Å². The number of β-amino-alcohol motifs (C(OH)–C–C–N with tert-alkyl or cyclic N) is 1. The SMILES string of the molecule is CCNS(=O)(=O)c1ccccc1N1CC(O)CC1C(=O)O. The lowest BCUT2D eigenvalue weighted by molar-refractivity contribution is -0.138. The Morgan fingerprint density at radius 2 is 2.10 bits per heavy atom. The first-order valence-corrected chi connectivity index (χ1v) is 8.11. The number of anilines is 1. The molecule has 0 saturated carbocycles. The van der Waals surface area contributed by atoms with Crippen LogP contribution in [0.3, 0.4) is 0 Å². The van der Waals surface area contributed by atoms with Gasteiger partial charge in [-0.3, -0.25) is 0 Å². The Bertz CT molecular complexity index is 631. The van der Waals surface area contributed by atoms with E-state index in [0.29, 0.717) is 5.69 Å². The first-order valence-electron chi connectivity index (χ1n) is 6.63. The quantitative estimate of drug-likeness (QED) is 0.707. The number of carboxylic acids is 1. The number of sulfonamides is 1. The van der Waals surface area contributed by atoms with Crippen molar-refractivity contribution in [3.63, 3.8) is 0 Å². The molecule has 1 aromatic carbocycles. The fourth-order valence-electron chi connectivity index (χ4n) is 2.50. The number of carboxylic acid groups (broad SMARTS) is 1. The lowest BCUT2D eigenvalue weighted by Crippen LogP contribution is -2.37. The third-order valence-electron chi connectivity index (χ3n) is 3.36. The minimum Gasteiger partial charge on any atom is -0.480 e. The lowest BCUT2D eigenvalue weighted by Gasteiger charge is -2.25. The molecule has 3 N–H and O–H groups in total. The van der Waals surface area contributed by atoms with E-state index >= 15 is 0 Å². The fraction of sp³-hybridized carbons (Fsp3) is 0.462. The molecule has 0 aromatic heterocycles. The topological polar surface area (TPSA) is 107 Å². The average molecular weight is 314 g/mol. The van der Waals surface area contributed by atoms with Gasteiger partial charge in [0.15, 0.2) is 0 Å². The lowest BCUT2D eigenvalue weighted by atomic mass is 10.2. The summed E-state index contributed by atoms with van der Waals surface area (Å²) in [6.07, 6.45) is -0.716. The van der Waals surface area contributed by atoms with Crippen LogP contribution in [0.25, 0.3) is 0 Å². The Balaban J connectivity index is 2.47. The van der Waals surface area contributed by atoms with E-state index in [4.69, 9.17) is 0 Å². The molecule has 1 aliphatic rings. The van der Waals surface area contributed by atoms with Gasteiger partial charge in [0.1, 0.15) is 10.9 Å². The van der Waals surface area contributed by atoms with E-state index in [-0.39, 0.29) is 24.4 Å². The third kappa shape index (κ3) is 3.17. The Morgan fingerprint density at radius 1 is 1.43 bits per heavy atom. The van der Waals surface area contributed by atoms with Gasteiger partial charge in [-0.1, -0.05) is 19.1 Å². The van der Waals surface area contributed by atoms with Crippen molar-refractivity contribution in [1.82, 2.24) is 4.72 Å². The van der Waals surface area contributed by atoms with Crippen LogP contribution in [-0.2, 0) is 14.8 Å². The Labute approximate surface area is 123 Å². The van der Waals surface area contributed by atoms with Crippen LogP contribution in [0.1, 0.15) is 13.3 Å². The number of carbonyl (C=O) groups is 1. The molecule has 0 spiro atoms. The zero-order valence-corrected chi connectivity index (χ0v) is 12.4. The molecule has 2 atom stereocenters. The van der Waals surface area contributed by atoms with Crippen molar-refractivity contribution in [1.29, 1.82) is 0 Å². The van der Waals surface area contributed by atoms with Gasteiger partial charge < -0.3 is 15.1 Å². The molecule has 2 rings (SSSR count). The van der Waals surface area contributed by atoms with Crippen molar-refractivity contribution in [2.24, 2.45) is 0 Å². The minimum atomic E-state index is -3.71. The molecule has 116 valence electrons. The molecule has 1 aromatic rings. The number of benzene rings is 1. The second kappa shape index (κ2) is 6.00. The van der Waals surface area contributed by atoms with Crippen molar-refractivity contribution in [3.8, 4) is 0 Å². The van der Waals surface area contributed by atoms with Crippen LogP contribution in [0.2, 0.25) is 0 Å². The summed E-state index contributed by atoms with van der Waals surface area (Å²) in [5.41, 5.74) is 0.294. The summed E-state index contributed by atoms with van der Waals surface area (Å²) in [6.45, 7) is 2.00. The molecular formula is C13H18N2O5S. The number of nitrogens with one attached hydrogen (secondary N) is 1. The van der Waals surface area contributed by atoms with Crippen LogP contribution in [0.4, 0.5) is 5.69 Å². The Hall–Kier alpha value is -1.64. The molecular weight excluding hydrogens is 296 g/mol. The van der Waals surface area contributed by atoms with Crippen LogP contribution < -0.4 is 9.62 Å². The average Bonchev–Trinajstić information content (AvgIpc) is 2.81. The van der Waals surface area contributed by atoms with E-state index in [1.807, 2.05) is 0 Å². The molecule has 1 heterocycles. The van der Waals surface area contributed by atoms with Gasteiger partial charge >= 0.3 is 5.97 Å². The van der Waals surface area contributed by atoms with Gasteiger partial charge in [-0.15, -0.1) is 0 Å². The molecule has 0 aliphatic carbocycles. The Morgan fingerprint density at radius 3 is 2.71 bits per heavy atom. The minimum absolute atomic E-state index is 0.0206. The van der Waals surface area contributed by atoms with E-state index in [1.165, 1.54) is 11.0 Å². The number of rotatable bonds is 5. The summed E-state index contributed by atoms with van der Waals surface area (Å²) in [7, 11) is -3.71. The molecule has 7 nitrogen and oxygen atoms in total. The number of para-hydroxylation sites is 1. The normalized spacial score (nSPS) is 22.5. The van der Waals surface area contributed by atoms with Crippen LogP contribution in [0.5, 0.6) is 0 Å². The molecule has 2 unspecified atom stereocenters. The van der Waals surface area contributed by atoms with Gasteiger partial charge in [0.2, 0.25) is 10.0 Å². The highest BCUT2D eigenvalue weighted by Crippen LogP contribution is 2.31. The maximum absolute atomic E-state index is 12.2. The largest absolute Gasteiger partial charge is 0.480 e. The van der Waals surface area contributed by atoms with E-state index < -0.39 is 28.1 Å². The van der Waals surface area contributed by atoms with Crippen molar-refractivity contribution >= 4 is 21.7 Å². The number of aliphatic hydroxyl groups is 1. The predicted octanol–water partition coefficient (Wildman–Crippen LogP) is 0.00900. The summed E-state index contributed by atoms with van der Waals surface area (Å²) in [4.78, 5) is 12.7. The maximum atomic E-state index is 12.2. The Kier molecular flexibility index (Phi) is 4.50. The van der Waals surface area contributed by atoms with Gasteiger partial charge in [-0.05, 0) is 12.1 Å². The number of hydrogen-bond donors (Lipinski definition) is 3. The van der Waals surface area contributed by atoms with Crippen LogP contribution in [0.15, 0.2) is 29.2 Å². The molecule has 8 heteroatoms. The fourth-order valence-corrected chi connectivity index (χ4v) is 3.76. The number of hydrogen-bond acceptors (Lipinski definition) is 5. The monoisotopic (exact) mass is 314 g/mol. The van der Waals surface area contributed by atoms with Gasteiger partial charge in [0.05, 0.1) is 11.8 Å². The van der Waals surface area contributed by atoms with Crippen molar-refractivity contribution < 1.29 is 23.4 Å². The maximum Gasteiger partial charge on any atom is 0.326 e. The van der Waals surface area contributed by atoms with E-state index in [9.17, 15) is 23.4 Å². The first-order chi connectivity index (χ1) is 9.86. The van der Waals surface area contributed by atoms with Crippen LogP contribution in [0, 0.1) is 0 Å². The summed E-state index contributed by atoms with van der Waals surface area (Å²) < 4.78 is 26.8. The molecule has 1 saturated heterocycles. The van der Waals surface area contributed by atoms with Gasteiger partial charge in [0, 0.05) is 19.5 Å². The smallest absolute Gasteiger partial charge is 0.326 e. The third-order valence-corrected chi connectivity index (χ3v) is 4.96. The van der Waals surface area contributed by atoms with Crippen LogP contribution in [-0.4, -0.2) is 49.8 Å². The highest BCUT2D eigenvalue weighted by Gasteiger charge is 2.38. The number of aliphatic carboxylic acids is 1. The summed E-state index contributed by atoms with van der Waals surface area (Å²) in [5, 5.41) is 18.9. The molecule has 0 amide bonds. The van der Waals surface area contributed by atoms with Crippen LogP contribution >= 0.6 is 0 Å². The van der Waals surface area contributed by atoms with E-state index in [2.05, 4.69) is 4.72 Å².